The van der Waals surface area contributed by atoms with E-state index in [0.717, 1.165) is 74.8 Å². The van der Waals surface area contributed by atoms with Crippen LogP contribution in [0.2, 0.25) is 0 Å². The standard InChI is InChI=1S/C30H36N6O/c1-33-16-18-34(19-17-33)29-14-6-13-28-32-25(27(22-37)36(28)29)21-35(20-23-8-3-2-4-9-23)26-12-5-10-24-11-7-15-31-30(24)26/h2-4,6-9,11,13-15,26,37H,5,10,12,16-22H2,1H3/t26-/m0/s1. The van der Waals surface area contributed by atoms with Gasteiger partial charge in [-0.15, -0.1) is 0 Å². The predicted octanol–water partition coefficient (Wildman–Crippen LogP) is 4.05. The number of pyridine rings is 2. The summed E-state index contributed by atoms with van der Waals surface area (Å²) in [6.07, 6.45) is 5.24. The molecule has 4 aromatic rings. The number of aryl methyl sites for hydroxylation is 1. The number of aliphatic hydroxyl groups excluding tert-OH is 1. The second kappa shape index (κ2) is 10.6. The molecule has 1 atom stereocenters. The molecule has 7 heteroatoms. The number of aliphatic hydroxyl groups is 1. The number of hydrogen-bond acceptors (Lipinski definition) is 6. The topological polar surface area (TPSA) is 60.1 Å². The number of imidazole rings is 1. The largest absolute Gasteiger partial charge is 0.390 e. The fourth-order valence-corrected chi connectivity index (χ4v) is 5.98. The van der Waals surface area contributed by atoms with Gasteiger partial charge in [-0.1, -0.05) is 42.5 Å². The Hall–Kier alpha value is -3.26. The summed E-state index contributed by atoms with van der Waals surface area (Å²) in [6.45, 7) is 5.44. The molecule has 1 aromatic carbocycles. The maximum Gasteiger partial charge on any atom is 0.138 e. The van der Waals surface area contributed by atoms with Crippen molar-refractivity contribution in [2.45, 2.75) is 45.0 Å². The van der Waals surface area contributed by atoms with E-state index in [0.29, 0.717) is 6.54 Å². The zero-order valence-electron chi connectivity index (χ0n) is 21.6. The number of anilines is 1. The van der Waals surface area contributed by atoms with Crippen molar-refractivity contribution >= 4 is 11.5 Å². The van der Waals surface area contributed by atoms with Crippen molar-refractivity contribution in [1.82, 2.24) is 24.2 Å². The van der Waals surface area contributed by atoms with Crippen molar-refractivity contribution < 1.29 is 5.11 Å². The Morgan fingerprint density at radius 2 is 1.78 bits per heavy atom. The summed E-state index contributed by atoms with van der Waals surface area (Å²) in [4.78, 5) is 17.2. The smallest absolute Gasteiger partial charge is 0.138 e. The van der Waals surface area contributed by atoms with Crippen molar-refractivity contribution in [2.75, 3.05) is 38.1 Å². The summed E-state index contributed by atoms with van der Waals surface area (Å²) in [5, 5.41) is 10.6. The van der Waals surface area contributed by atoms with Crippen molar-refractivity contribution in [3.8, 4) is 0 Å². The Morgan fingerprint density at radius 3 is 2.59 bits per heavy atom. The van der Waals surface area contributed by atoms with Gasteiger partial charge in [0.25, 0.3) is 0 Å². The first-order valence-electron chi connectivity index (χ1n) is 13.5. The highest BCUT2D eigenvalue weighted by Crippen LogP contribution is 2.35. The van der Waals surface area contributed by atoms with Gasteiger partial charge in [0, 0.05) is 45.5 Å². The molecule has 0 spiro atoms. The average molecular weight is 497 g/mol. The summed E-state index contributed by atoms with van der Waals surface area (Å²) < 4.78 is 2.18. The van der Waals surface area contributed by atoms with Crippen LogP contribution in [-0.4, -0.2) is 62.5 Å². The van der Waals surface area contributed by atoms with E-state index in [-0.39, 0.29) is 12.6 Å². The minimum absolute atomic E-state index is 0.0417. The van der Waals surface area contributed by atoms with E-state index in [1.165, 1.54) is 16.8 Å². The number of benzene rings is 1. The van der Waals surface area contributed by atoms with Gasteiger partial charge in [-0.2, -0.15) is 0 Å². The van der Waals surface area contributed by atoms with Gasteiger partial charge in [0.1, 0.15) is 11.5 Å². The third-order valence-electron chi connectivity index (χ3n) is 7.97. The highest BCUT2D eigenvalue weighted by molar-refractivity contribution is 5.55. The lowest BCUT2D eigenvalue weighted by Gasteiger charge is -2.35. The summed E-state index contributed by atoms with van der Waals surface area (Å²) >= 11 is 0. The number of fused-ring (bicyclic) bond motifs is 2. The first-order valence-corrected chi connectivity index (χ1v) is 13.5. The van der Waals surface area contributed by atoms with Crippen LogP contribution in [-0.2, 0) is 26.1 Å². The maximum atomic E-state index is 10.6. The fraction of sp³-hybridized carbons (Fsp3) is 0.400. The number of hydrogen-bond donors (Lipinski definition) is 1. The van der Waals surface area contributed by atoms with E-state index in [1.807, 2.05) is 6.20 Å². The number of likely N-dealkylation sites (N-methyl/N-ethyl adjacent to an activating group) is 1. The van der Waals surface area contributed by atoms with E-state index < -0.39 is 0 Å². The number of piperazine rings is 1. The molecule has 3 aromatic heterocycles. The number of aromatic nitrogens is 3. The van der Waals surface area contributed by atoms with Crippen LogP contribution < -0.4 is 4.90 Å². The van der Waals surface area contributed by atoms with Gasteiger partial charge in [-0.25, -0.2) is 4.98 Å². The average Bonchev–Trinajstić information content (AvgIpc) is 3.30. The molecule has 192 valence electrons. The molecule has 1 aliphatic heterocycles. The Morgan fingerprint density at radius 1 is 0.946 bits per heavy atom. The quantitative estimate of drug-likeness (QED) is 0.417. The van der Waals surface area contributed by atoms with Gasteiger partial charge in [-0.05, 0) is 55.6 Å². The number of rotatable bonds is 7. The molecule has 1 fully saturated rings. The molecule has 0 amide bonds. The van der Waals surface area contributed by atoms with Crippen LogP contribution in [0.25, 0.3) is 5.65 Å². The molecule has 1 aliphatic carbocycles. The van der Waals surface area contributed by atoms with Crippen LogP contribution in [0.1, 0.15) is 47.1 Å². The Labute approximate surface area is 219 Å². The van der Waals surface area contributed by atoms with Gasteiger partial charge in [0.15, 0.2) is 0 Å². The molecule has 4 heterocycles. The molecule has 37 heavy (non-hydrogen) atoms. The Kier molecular flexibility index (Phi) is 6.91. The summed E-state index contributed by atoms with van der Waals surface area (Å²) in [7, 11) is 2.17. The minimum Gasteiger partial charge on any atom is -0.390 e. The number of nitrogens with zero attached hydrogens (tertiary/aromatic N) is 6. The van der Waals surface area contributed by atoms with Gasteiger partial charge in [0.05, 0.1) is 29.7 Å². The Bertz CT molecular complexity index is 1340. The molecule has 0 unspecified atom stereocenters. The van der Waals surface area contributed by atoms with Crippen molar-refractivity contribution in [2.24, 2.45) is 0 Å². The lowest BCUT2D eigenvalue weighted by molar-refractivity contribution is 0.153. The van der Waals surface area contributed by atoms with E-state index in [9.17, 15) is 5.11 Å². The third-order valence-corrected chi connectivity index (χ3v) is 7.97. The summed E-state index contributed by atoms with van der Waals surface area (Å²) in [5.74, 6) is 1.12. The van der Waals surface area contributed by atoms with Crippen molar-refractivity contribution in [1.29, 1.82) is 0 Å². The molecule has 1 saturated heterocycles. The van der Waals surface area contributed by atoms with E-state index in [2.05, 4.69) is 86.8 Å². The molecule has 2 aliphatic rings. The molecule has 0 radical (unpaired) electrons. The molecule has 0 bridgehead atoms. The van der Waals surface area contributed by atoms with Crippen LogP contribution in [0.5, 0.6) is 0 Å². The molecule has 6 rings (SSSR count). The zero-order chi connectivity index (χ0) is 25.2. The lowest BCUT2D eigenvalue weighted by atomic mass is 9.90. The van der Waals surface area contributed by atoms with Crippen molar-refractivity contribution in [3.63, 3.8) is 0 Å². The maximum absolute atomic E-state index is 10.6. The second-order valence-corrected chi connectivity index (χ2v) is 10.4. The first-order chi connectivity index (χ1) is 18.2. The lowest BCUT2D eigenvalue weighted by Crippen LogP contribution is -2.45. The molecular formula is C30H36N6O. The summed E-state index contributed by atoms with van der Waals surface area (Å²) in [5.41, 5.74) is 6.56. The molecule has 7 nitrogen and oxygen atoms in total. The normalized spacial score (nSPS) is 18.5. The third kappa shape index (κ3) is 4.87. The van der Waals surface area contributed by atoms with Crippen LogP contribution >= 0.6 is 0 Å². The first kappa shape index (κ1) is 24.1. The molecule has 1 N–H and O–H groups in total. The highest BCUT2D eigenvalue weighted by atomic mass is 16.3. The zero-order valence-corrected chi connectivity index (χ0v) is 21.6. The van der Waals surface area contributed by atoms with Gasteiger partial charge >= 0.3 is 0 Å². The molecule has 0 saturated carbocycles. The van der Waals surface area contributed by atoms with Crippen LogP contribution in [0.15, 0.2) is 66.9 Å². The predicted molar refractivity (Wildman–Crippen MR) is 146 cm³/mol. The van der Waals surface area contributed by atoms with Crippen LogP contribution in [0.4, 0.5) is 5.82 Å². The van der Waals surface area contributed by atoms with E-state index in [4.69, 9.17) is 9.97 Å². The van der Waals surface area contributed by atoms with Gasteiger partial charge in [-0.3, -0.25) is 14.3 Å². The molecular weight excluding hydrogens is 460 g/mol. The monoisotopic (exact) mass is 496 g/mol. The minimum atomic E-state index is -0.0417. The SMILES string of the molecule is CN1CCN(c2cccc3nc(CN(Cc4ccccc4)[C@H]4CCCc5cccnc54)c(CO)n23)CC1. The van der Waals surface area contributed by atoms with E-state index in [1.54, 1.807) is 0 Å². The van der Waals surface area contributed by atoms with Crippen LogP contribution in [0.3, 0.4) is 0 Å². The fourth-order valence-electron chi connectivity index (χ4n) is 5.98. The highest BCUT2D eigenvalue weighted by Gasteiger charge is 2.29. The van der Waals surface area contributed by atoms with Crippen LogP contribution in [0, 0.1) is 0 Å². The summed E-state index contributed by atoms with van der Waals surface area (Å²) in [6, 6.07) is 21.5. The van der Waals surface area contributed by atoms with Gasteiger partial charge < -0.3 is 14.9 Å². The Balaban J connectivity index is 1.39. The van der Waals surface area contributed by atoms with Gasteiger partial charge in [0.2, 0.25) is 0 Å². The second-order valence-electron chi connectivity index (χ2n) is 10.4. The van der Waals surface area contributed by atoms with E-state index >= 15 is 0 Å². The van der Waals surface area contributed by atoms with Crippen molar-refractivity contribution in [3.05, 3.63) is 95.1 Å².